The summed E-state index contributed by atoms with van der Waals surface area (Å²) < 4.78 is 16.5. The van der Waals surface area contributed by atoms with Crippen LogP contribution in [0, 0.1) is 0 Å². The van der Waals surface area contributed by atoms with E-state index in [1.165, 1.54) is 64.2 Å². The Kier molecular flexibility index (Phi) is 18.6. The molecule has 0 aromatic carbocycles. The molecular formula is C28H52O10. The van der Waals surface area contributed by atoms with E-state index in [2.05, 4.69) is 6.92 Å². The third-order valence-electron chi connectivity index (χ3n) is 6.89. The Labute approximate surface area is 227 Å². The van der Waals surface area contributed by atoms with Crippen LogP contribution in [0.25, 0.3) is 0 Å². The number of aliphatic hydroxyl groups excluding tert-OH is 6. The molecule has 0 fully saturated rings. The summed E-state index contributed by atoms with van der Waals surface area (Å²) in [6, 6.07) is 0. The zero-order chi connectivity index (χ0) is 28.2. The van der Waals surface area contributed by atoms with Gasteiger partial charge in [0.05, 0.1) is 32.5 Å². The lowest BCUT2D eigenvalue weighted by molar-refractivity contribution is -0.171. The van der Waals surface area contributed by atoms with Crippen LogP contribution in [0.2, 0.25) is 0 Å². The second-order valence-corrected chi connectivity index (χ2v) is 10.3. The second kappa shape index (κ2) is 20.5. The maximum atomic E-state index is 12.6. The van der Waals surface area contributed by atoms with Crippen molar-refractivity contribution < 1.29 is 49.6 Å². The zero-order valence-electron chi connectivity index (χ0n) is 23.2. The zero-order valence-corrected chi connectivity index (χ0v) is 23.2. The molecule has 0 spiro atoms. The lowest BCUT2D eigenvalue weighted by Gasteiger charge is -2.34. The van der Waals surface area contributed by atoms with E-state index in [0.717, 1.165) is 19.3 Å². The molecule has 0 saturated carbocycles. The molecule has 0 aromatic rings. The Bertz CT molecular complexity index is 656. The predicted octanol–water partition coefficient (Wildman–Crippen LogP) is 2.46. The molecule has 38 heavy (non-hydrogen) atoms. The number of carbonyl (C=O) groups excluding carboxylic acids is 1. The molecule has 4 atom stereocenters. The fourth-order valence-electron chi connectivity index (χ4n) is 4.61. The largest absolute Gasteiger partial charge is 0.490 e. The Morgan fingerprint density at radius 2 is 1.21 bits per heavy atom. The summed E-state index contributed by atoms with van der Waals surface area (Å²) in [5.41, 5.74) is -1.95. The molecule has 0 radical (unpaired) electrons. The quantitative estimate of drug-likeness (QED) is 0.0737. The summed E-state index contributed by atoms with van der Waals surface area (Å²) in [6.45, 7) is -0.0771. The van der Waals surface area contributed by atoms with Gasteiger partial charge >= 0.3 is 5.97 Å². The maximum Gasteiger partial charge on any atom is 0.378 e. The van der Waals surface area contributed by atoms with Crippen LogP contribution in [-0.2, 0) is 19.0 Å². The molecule has 0 amide bonds. The van der Waals surface area contributed by atoms with Crippen LogP contribution in [0.4, 0.5) is 0 Å². The standard InChI is InChI=1S/C28H52O10/c1-2-3-4-5-6-7-8-9-10-11-12-13-14-15-16-36-26-25(37-21-23(33)19-30)27(35)38-28(26,24(34)20-31)17-22(32)18-29/h22-24,29-34H,2-21H2,1H3/t22?,23?,24-,28+/m0/s1. The van der Waals surface area contributed by atoms with Crippen LogP contribution in [0.1, 0.15) is 103 Å². The van der Waals surface area contributed by atoms with Crippen LogP contribution < -0.4 is 0 Å². The molecule has 1 heterocycles. The minimum Gasteiger partial charge on any atom is -0.490 e. The average Bonchev–Trinajstić information content (AvgIpc) is 3.19. The molecule has 0 bridgehead atoms. The smallest absolute Gasteiger partial charge is 0.378 e. The Balaban J connectivity index is 2.54. The van der Waals surface area contributed by atoms with Gasteiger partial charge in [0, 0.05) is 6.42 Å². The highest BCUT2D eigenvalue weighted by Crippen LogP contribution is 2.41. The van der Waals surface area contributed by atoms with Gasteiger partial charge in [-0.2, -0.15) is 0 Å². The highest BCUT2D eigenvalue weighted by atomic mass is 16.6. The summed E-state index contributed by atoms with van der Waals surface area (Å²) in [6.07, 6.45) is 12.1. The number of hydrogen-bond acceptors (Lipinski definition) is 10. The van der Waals surface area contributed by atoms with E-state index < -0.39 is 68.5 Å². The Hall–Kier alpha value is -1.43. The van der Waals surface area contributed by atoms with Crippen LogP contribution in [0.15, 0.2) is 11.5 Å². The molecular weight excluding hydrogens is 496 g/mol. The number of rotatable bonds is 25. The molecule has 0 saturated heterocycles. The monoisotopic (exact) mass is 548 g/mol. The number of hydrogen-bond donors (Lipinski definition) is 6. The highest BCUT2D eigenvalue weighted by Gasteiger charge is 2.56. The summed E-state index contributed by atoms with van der Waals surface area (Å²) in [5.74, 6) is -1.60. The van der Waals surface area contributed by atoms with Gasteiger partial charge in [-0.1, -0.05) is 90.4 Å². The first kappa shape index (κ1) is 34.6. The van der Waals surface area contributed by atoms with Gasteiger partial charge in [-0.15, -0.1) is 0 Å². The Morgan fingerprint density at radius 3 is 1.68 bits per heavy atom. The van der Waals surface area contributed by atoms with Crippen molar-refractivity contribution in [1.82, 2.24) is 0 Å². The highest BCUT2D eigenvalue weighted by molar-refractivity contribution is 5.90. The Morgan fingerprint density at radius 1 is 0.711 bits per heavy atom. The third kappa shape index (κ3) is 12.2. The van der Waals surface area contributed by atoms with Gasteiger partial charge in [-0.05, 0) is 6.42 Å². The van der Waals surface area contributed by atoms with E-state index in [1.807, 2.05) is 0 Å². The van der Waals surface area contributed by atoms with Gasteiger partial charge < -0.3 is 44.8 Å². The molecule has 1 aliphatic heterocycles. The van der Waals surface area contributed by atoms with Crippen molar-refractivity contribution in [2.24, 2.45) is 0 Å². The first-order chi connectivity index (χ1) is 18.4. The molecule has 1 aliphatic rings. The summed E-state index contributed by atoms with van der Waals surface area (Å²) in [7, 11) is 0. The van der Waals surface area contributed by atoms with E-state index in [4.69, 9.17) is 19.3 Å². The van der Waals surface area contributed by atoms with E-state index in [9.17, 15) is 30.3 Å². The van der Waals surface area contributed by atoms with E-state index >= 15 is 0 Å². The molecule has 10 heteroatoms. The number of ether oxygens (including phenoxy) is 3. The molecule has 1 rings (SSSR count). The van der Waals surface area contributed by atoms with Crippen molar-refractivity contribution in [3.63, 3.8) is 0 Å². The lowest BCUT2D eigenvalue weighted by Crippen LogP contribution is -2.50. The van der Waals surface area contributed by atoms with Gasteiger partial charge in [0.25, 0.3) is 0 Å². The van der Waals surface area contributed by atoms with Gasteiger partial charge in [-0.25, -0.2) is 4.79 Å². The van der Waals surface area contributed by atoms with Crippen molar-refractivity contribution in [3.05, 3.63) is 11.5 Å². The number of cyclic esters (lactones) is 1. The molecule has 0 aliphatic carbocycles. The fourth-order valence-corrected chi connectivity index (χ4v) is 4.61. The van der Waals surface area contributed by atoms with E-state index in [1.54, 1.807) is 0 Å². The maximum absolute atomic E-state index is 12.6. The fraction of sp³-hybridized carbons (Fsp3) is 0.893. The van der Waals surface area contributed by atoms with E-state index in [-0.39, 0.29) is 12.4 Å². The summed E-state index contributed by atoms with van der Waals surface area (Å²) in [5, 5.41) is 58.2. The molecule has 6 N–H and O–H groups in total. The van der Waals surface area contributed by atoms with Crippen molar-refractivity contribution >= 4 is 5.97 Å². The van der Waals surface area contributed by atoms with Crippen molar-refractivity contribution in [2.45, 2.75) is 127 Å². The summed E-state index contributed by atoms with van der Waals surface area (Å²) >= 11 is 0. The normalized spacial score (nSPS) is 19.9. The number of esters is 1. The van der Waals surface area contributed by atoms with Gasteiger partial charge in [0.1, 0.15) is 18.8 Å². The van der Waals surface area contributed by atoms with Crippen LogP contribution >= 0.6 is 0 Å². The minimum absolute atomic E-state index is 0.175. The van der Waals surface area contributed by atoms with Crippen LogP contribution in [-0.4, -0.2) is 93.6 Å². The SMILES string of the molecule is CCCCCCCCCCCCCCCCOC1=C(OCC(O)CO)C(=O)O[C@]1(CC(O)CO)[C@@H](O)CO. The van der Waals surface area contributed by atoms with E-state index in [0.29, 0.717) is 6.42 Å². The number of aliphatic hydroxyl groups is 6. The van der Waals surface area contributed by atoms with Crippen LogP contribution in [0.5, 0.6) is 0 Å². The number of unbranched alkanes of at least 4 members (excludes halogenated alkanes) is 13. The number of carbonyl (C=O) groups is 1. The molecule has 224 valence electrons. The van der Waals surface area contributed by atoms with Gasteiger partial charge in [-0.3, -0.25) is 0 Å². The minimum atomic E-state index is -1.95. The average molecular weight is 549 g/mol. The second-order valence-electron chi connectivity index (χ2n) is 10.3. The topological polar surface area (TPSA) is 166 Å². The van der Waals surface area contributed by atoms with Crippen molar-refractivity contribution in [2.75, 3.05) is 33.0 Å². The van der Waals surface area contributed by atoms with Crippen LogP contribution in [0.3, 0.4) is 0 Å². The lowest BCUT2D eigenvalue weighted by atomic mass is 9.88. The van der Waals surface area contributed by atoms with Gasteiger partial charge in [0.15, 0.2) is 5.76 Å². The van der Waals surface area contributed by atoms with Gasteiger partial charge in [0.2, 0.25) is 11.4 Å². The molecule has 10 nitrogen and oxygen atoms in total. The first-order valence-corrected chi connectivity index (χ1v) is 14.5. The first-order valence-electron chi connectivity index (χ1n) is 14.5. The predicted molar refractivity (Wildman–Crippen MR) is 142 cm³/mol. The summed E-state index contributed by atoms with van der Waals surface area (Å²) in [4.78, 5) is 12.6. The third-order valence-corrected chi connectivity index (χ3v) is 6.89. The van der Waals surface area contributed by atoms with Crippen molar-refractivity contribution in [3.8, 4) is 0 Å². The molecule has 0 aromatic heterocycles. The molecule has 2 unspecified atom stereocenters. The van der Waals surface area contributed by atoms with Crippen molar-refractivity contribution in [1.29, 1.82) is 0 Å².